The molecule has 1 aliphatic carbocycles. The highest BCUT2D eigenvalue weighted by Crippen LogP contribution is 2.38. The predicted molar refractivity (Wildman–Crippen MR) is 104 cm³/mol. The van der Waals surface area contributed by atoms with Crippen molar-refractivity contribution in [1.82, 2.24) is 24.6 Å². The Hall–Kier alpha value is -2.21. The van der Waals surface area contributed by atoms with Gasteiger partial charge in [0.15, 0.2) is 0 Å². The fourth-order valence-corrected chi connectivity index (χ4v) is 4.55. The summed E-state index contributed by atoms with van der Waals surface area (Å²) in [6, 6.07) is 10.4. The van der Waals surface area contributed by atoms with Crippen LogP contribution in [0.2, 0.25) is 0 Å². The molecule has 2 fully saturated rings. The Balaban J connectivity index is 1.36. The maximum absolute atomic E-state index is 13.4. The van der Waals surface area contributed by atoms with Crippen LogP contribution in [0.1, 0.15) is 37.2 Å². The standard InChI is InChI=1S/C21H29N5O/c27-21(20(19-8-4-5-9-19)18-6-2-1-3-7-18)25-13-10-24(11-14-25)12-15-26-17-22-16-23-26/h1-3,6-7,16-17,19-20H,4-5,8-15H2/t20-/m0/s1. The van der Waals surface area contributed by atoms with Gasteiger partial charge in [-0.2, -0.15) is 5.10 Å². The van der Waals surface area contributed by atoms with E-state index in [9.17, 15) is 4.79 Å². The summed E-state index contributed by atoms with van der Waals surface area (Å²) in [6.07, 6.45) is 8.22. The summed E-state index contributed by atoms with van der Waals surface area (Å²) >= 11 is 0. The minimum Gasteiger partial charge on any atom is -0.340 e. The van der Waals surface area contributed by atoms with Gasteiger partial charge in [0.1, 0.15) is 12.7 Å². The molecular weight excluding hydrogens is 338 g/mol. The van der Waals surface area contributed by atoms with Crippen LogP contribution >= 0.6 is 0 Å². The van der Waals surface area contributed by atoms with Crippen LogP contribution in [0, 0.1) is 5.92 Å². The average Bonchev–Trinajstić information content (AvgIpc) is 3.42. The zero-order valence-electron chi connectivity index (χ0n) is 15.9. The Morgan fingerprint density at radius 3 is 2.44 bits per heavy atom. The molecule has 1 saturated heterocycles. The molecule has 1 aliphatic heterocycles. The Kier molecular flexibility index (Phi) is 5.82. The molecular formula is C21H29N5O. The molecule has 1 aromatic heterocycles. The van der Waals surface area contributed by atoms with Gasteiger partial charge in [-0.1, -0.05) is 43.2 Å². The smallest absolute Gasteiger partial charge is 0.230 e. The van der Waals surface area contributed by atoms with Crippen molar-refractivity contribution in [2.45, 2.75) is 38.1 Å². The van der Waals surface area contributed by atoms with E-state index in [1.807, 2.05) is 10.7 Å². The van der Waals surface area contributed by atoms with Gasteiger partial charge in [-0.05, 0) is 24.3 Å². The van der Waals surface area contributed by atoms with Gasteiger partial charge in [-0.25, -0.2) is 4.98 Å². The van der Waals surface area contributed by atoms with Crippen molar-refractivity contribution in [2.75, 3.05) is 32.7 Å². The lowest BCUT2D eigenvalue weighted by Gasteiger charge is -2.37. The predicted octanol–water partition coefficient (Wildman–Crippen LogP) is 2.40. The van der Waals surface area contributed by atoms with Crippen LogP contribution in [-0.4, -0.2) is 63.2 Å². The van der Waals surface area contributed by atoms with Crippen LogP contribution in [0.4, 0.5) is 0 Å². The SMILES string of the molecule is O=C([C@@H](c1ccccc1)C1CCCC1)N1CCN(CCn2cncn2)CC1. The number of carbonyl (C=O) groups is 1. The molecule has 1 aromatic carbocycles. The normalized spacial score (nSPS) is 20.1. The Bertz CT molecular complexity index is 703. The number of carbonyl (C=O) groups excluding carboxylic acids is 1. The third-order valence-corrected chi connectivity index (χ3v) is 6.09. The molecule has 6 nitrogen and oxygen atoms in total. The Morgan fingerprint density at radius 2 is 1.78 bits per heavy atom. The summed E-state index contributed by atoms with van der Waals surface area (Å²) in [5.41, 5.74) is 1.20. The molecule has 2 heterocycles. The maximum Gasteiger partial charge on any atom is 0.230 e. The molecule has 0 spiro atoms. The first-order valence-electron chi connectivity index (χ1n) is 10.2. The largest absolute Gasteiger partial charge is 0.340 e. The summed E-state index contributed by atoms with van der Waals surface area (Å²) in [5, 5.41) is 4.16. The molecule has 1 saturated carbocycles. The van der Waals surface area contributed by atoms with E-state index in [0.717, 1.165) is 39.3 Å². The van der Waals surface area contributed by atoms with Crippen molar-refractivity contribution in [3.63, 3.8) is 0 Å². The van der Waals surface area contributed by atoms with Crippen LogP contribution < -0.4 is 0 Å². The summed E-state index contributed by atoms with van der Waals surface area (Å²) in [5.74, 6) is 0.879. The second-order valence-corrected chi connectivity index (χ2v) is 7.76. The monoisotopic (exact) mass is 367 g/mol. The van der Waals surface area contributed by atoms with E-state index in [0.29, 0.717) is 11.8 Å². The average molecular weight is 367 g/mol. The molecule has 0 unspecified atom stereocenters. The summed E-state index contributed by atoms with van der Waals surface area (Å²) in [4.78, 5) is 21.9. The zero-order chi connectivity index (χ0) is 18.5. The molecule has 1 atom stereocenters. The number of piperazine rings is 1. The van der Waals surface area contributed by atoms with Crippen molar-refractivity contribution < 1.29 is 4.79 Å². The number of rotatable bonds is 6. The van der Waals surface area contributed by atoms with E-state index in [1.54, 1.807) is 12.7 Å². The van der Waals surface area contributed by atoms with Crippen molar-refractivity contribution in [2.24, 2.45) is 5.92 Å². The van der Waals surface area contributed by atoms with Crippen molar-refractivity contribution >= 4 is 5.91 Å². The van der Waals surface area contributed by atoms with Gasteiger partial charge in [0, 0.05) is 32.7 Å². The lowest BCUT2D eigenvalue weighted by molar-refractivity contribution is -0.136. The van der Waals surface area contributed by atoms with E-state index in [2.05, 4.69) is 44.1 Å². The number of amides is 1. The minimum absolute atomic E-state index is 0.0374. The molecule has 0 radical (unpaired) electrons. The van der Waals surface area contributed by atoms with Crippen LogP contribution in [-0.2, 0) is 11.3 Å². The van der Waals surface area contributed by atoms with E-state index in [4.69, 9.17) is 0 Å². The highest BCUT2D eigenvalue weighted by molar-refractivity contribution is 5.84. The fourth-order valence-electron chi connectivity index (χ4n) is 4.55. The first-order chi connectivity index (χ1) is 13.3. The van der Waals surface area contributed by atoms with Gasteiger partial charge in [-0.15, -0.1) is 0 Å². The first-order valence-corrected chi connectivity index (χ1v) is 10.2. The first kappa shape index (κ1) is 18.2. The van der Waals surface area contributed by atoms with Crippen molar-refractivity contribution in [1.29, 1.82) is 0 Å². The molecule has 2 aromatic rings. The maximum atomic E-state index is 13.4. The Labute approximate surface area is 161 Å². The quantitative estimate of drug-likeness (QED) is 0.787. The molecule has 0 bridgehead atoms. The number of aromatic nitrogens is 3. The van der Waals surface area contributed by atoms with Crippen LogP contribution in [0.15, 0.2) is 43.0 Å². The van der Waals surface area contributed by atoms with E-state index in [-0.39, 0.29) is 5.92 Å². The lowest BCUT2D eigenvalue weighted by Crippen LogP contribution is -2.51. The van der Waals surface area contributed by atoms with Gasteiger partial charge < -0.3 is 4.90 Å². The second kappa shape index (κ2) is 8.65. The van der Waals surface area contributed by atoms with E-state index < -0.39 is 0 Å². The second-order valence-electron chi connectivity index (χ2n) is 7.76. The molecule has 4 rings (SSSR count). The van der Waals surface area contributed by atoms with Gasteiger partial charge in [0.2, 0.25) is 5.91 Å². The van der Waals surface area contributed by atoms with Crippen LogP contribution in [0.25, 0.3) is 0 Å². The Morgan fingerprint density at radius 1 is 1.04 bits per heavy atom. The molecule has 27 heavy (non-hydrogen) atoms. The molecule has 2 aliphatic rings. The third kappa shape index (κ3) is 4.38. The summed E-state index contributed by atoms with van der Waals surface area (Å²) < 4.78 is 1.86. The van der Waals surface area contributed by atoms with Gasteiger partial charge >= 0.3 is 0 Å². The number of benzene rings is 1. The van der Waals surface area contributed by atoms with Crippen LogP contribution in [0.3, 0.4) is 0 Å². The third-order valence-electron chi connectivity index (χ3n) is 6.09. The van der Waals surface area contributed by atoms with Crippen molar-refractivity contribution in [3.8, 4) is 0 Å². The lowest BCUT2D eigenvalue weighted by atomic mass is 9.83. The molecule has 6 heteroatoms. The van der Waals surface area contributed by atoms with E-state index in [1.165, 1.54) is 31.2 Å². The molecule has 144 valence electrons. The highest BCUT2D eigenvalue weighted by atomic mass is 16.2. The minimum atomic E-state index is 0.0374. The van der Waals surface area contributed by atoms with Gasteiger partial charge in [-0.3, -0.25) is 14.4 Å². The van der Waals surface area contributed by atoms with E-state index >= 15 is 0 Å². The highest BCUT2D eigenvalue weighted by Gasteiger charge is 2.35. The topological polar surface area (TPSA) is 54.3 Å². The molecule has 0 N–H and O–H groups in total. The van der Waals surface area contributed by atoms with Gasteiger partial charge in [0.05, 0.1) is 12.5 Å². The van der Waals surface area contributed by atoms with Gasteiger partial charge in [0.25, 0.3) is 0 Å². The fraction of sp³-hybridized carbons (Fsp3) is 0.571. The summed E-state index contributed by atoms with van der Waals surface area (Å²) in [7, 11) is 0. The molecule has 1 amide bonds. The number of hydrogen-bond donors (Lipinski definition) is 0. The number of hydrogen-bond acceptors (Lipinski definition) is 4. The summed E-state index contributed by atoms with van der Waals surface area (Å²) in [6.45, 7) is 5.33. The van der Waals surface area contributed by atoms with Crippen molar-refractivity contribution in [3.05, 3.63) is 48.5 Å². The van der Waals surface area contributed by atoms with Crippen LogP contribution in [0.5, 0.6) is 0 Å². The number of nitrogens with zero attached hydrogens (tertiary/aromatic N) is 5. The zero-order valence-corrected chi connectivity index (χ0v) is 15.9.